The lowest BCUT2D eigenvalue weighted by Gasteiger charge is -2.02. The van der Waals surface area contributed by atoms with Crippen LogP contribution >= 0.6 is 0 Å². The summed E-state index contributed by atoms with van der Waals surface area (Å²) in [7, 11) is 0. The lowest BCUT2D eigenvalue weighted by molar-refractivity contribution is -0.384. The first-order chi connectivity index (χ1) is 16.4. The first-order valence-corrected chi connectivity index (χ1v) is 11.9. The van der Waals surface area contributed by atoms with E-state index in [1.54, 1.807) is 6.92 Å². The first-order valence-electron chi connectivity index (χ1n) is 11.9. The Hall–Kier alpha value is -3.06. The average Bonchev–Trinajstić information content (AvgIpc) is 2.86. The highest BCUT2D eigenvalue weighted by Gasteiger charge is 2.03. The number of Topliss-reactive ketones (excluding diaryl/α,β-unsaturated/α-hetero) is 1. The maximum absolute atomic E-state index is 10.2. The van der Waals surface area contributed by atoms with Crippen LogP contribution in [0.2, 0.25) is 0 Å². The Bertz CT molecular complexity index is 747. The maximum atomic E-state index is 10.2. The highest BCUT2D eigenvalue weighted by molar-refractivity contribution is 5.75. The van der Waals surface area contributed by atoms with Crippen LogP contribution in [0.5, 0.6) is 5.75 Å². The molecule has 2 rings (SSSR count). The van der Waals surface area contributed by atoms with Gasteiger partial charge in [-0.15, -0.1) is 0 Å². The quantitative estimate of drug-likeness (QED) is 0.138. The Morgan fingerprint density at radius 3 is 1.97 bits per heavy atom. The topological polar surface area (TPSA) is 95.7 Å². The molecule has 0 saturated carbocycles. The minimum Gasteiger partial charge on any atom is -0.429 e. The fraction of sp³-hybridized carbons (Fsp3) is 0.481. The Kier molecular flexibility index (Phi) is 23.9. The van der Waals surface area contributed by atoms with E-state index in [0.29, 0.717) is 5.78 Å². The molecule has 0 radical (unpaired) electrons. The Labute approximate surface area is 204 Å². The number of benzene rings is 2. The third-order valence-electron chi connectivity index (χ3n) is 4.12. The van der Waals surface area contributed by atoms with Crippen molar-refractivity contribution in [3.8, 4) is 5.75 Å². The minimum absolute atomic E-state index is 0.0340. The van der Waals surface area contributed by atoms with Crippen LogP contribution in [0, 0.1) is 10.1 Å². The molecule has 0 N–H and O–H groups in total. The molecule has 0 aliphatic carbocycles. The highest BCUT2D eigenvalue weighted by Crippen LogP contribution is 2.16. The summed E-state index contributed by atoms with van der Waals surface area (Å²) < 4.78 is 9.96. The molecule has 0 unspecified atom stereocenters. The monoisotopic (exact) mass is 475 g/mol. The van der Waals surface area contributed by atoms with Crippen molar-refractivity contribution < 1.29 is 24.0 Å². The molecule has 7 heteroatoms. The van der Waals surface area contributed by atoms with Gasteiger partial charge in [0.05, 0.1) is 11.5 Å². The Balaban J connectivity index is 0. The van der Waals surface area contributed by atoms with Gasteiger partial charge in [-0.2, -0.15) is 0 Å². The van der Waals surface area contributed by atoms with Crippen molar-refractivity contribution in [2.45, 2.75) is 79.8 Å². The normalized spacial score (nSPS) is 9.09. The summed E-state index contributed by atoms with van der Waals surface area (Å²) >= 11 is 0. The lowest BCUT2D eigenvalue weighted by atomic mass is 10.2. The van der Waals surface area contributed by atoms with Gasteiger partial charge in [-0.25, -0.2) is 0 Å². The number of carbonyl (C=O) groups excluding carboxylic acids is 2. The van der Waals surface area contributed by atoms with Crippen LogP contribution in [-0.2, 0) is 20.9 Å². The second-order valence-electron chi connectivity index (χ2n) is 7.02. The molecule has 2 aromatic rings. The molecule has 0 spiro atoms. The second-order valence-corrected chi connectivity index (χ2v) is 7.02. The number of nitro groups is 1. The van der Waals surface area contributed by atoms with Crippen molar-refractivity contribution in [3.63, 3.8) is 0 Å². The zero-order valence-corrected chi connectivity index (χ0v) is 21.3. The predicted molar refractivity (Wildman–Crippen MR) is 137 cm³/mol. The number of carbonyl (C=O) groups is 2. The van der Waals surface area contributed by atoms with Gasteiger partial charge in [-0.05, 0) is 37.5 Å². The van der Waals surface area contributed by atoms with Gasteiger partial charge < -0.3 is 14.3 Å². The highest BCUT2D eigenvalue weighted by atomic mass is 16.6. The van der Waals surface area contributed by atoms with Crippen LogP contribution in [0.3, 0.4) is 0 Å². The van der Waals surface area contributed by atoms with E-state index in [4.69, 9.17) is 4.74 Å². The molecule has 0 fully saturated rings. The van der Waals surface area contributed by atoms with Crippen LogP contribution in [0.25, 0.3) is 0 Å². The van der Waals surface area contributed by atoms with Crippen molar-refractivity contribution in [3.05, 3.63) is 70.3 Å². The molecule has 34 heavy (non-hydrogen) atoms. The van der Waals surface area contributed by atoms with Crippen LogP contribution < -0.4 is 4.74 Å². The fourth-order valence-electron chi connectivity index (χ4n) is 2.35. The molecule has 7 nitrogen and oxygen atoms in total. The van der Waals surface area contributed by atoms with Crippen LogP contribution in [0.15, 0.2) is 54.6 Å². The van der Waals surface area contributed by atoms with E-state index in [1.165, 1.54) is 49.1 Å². The number of hydrogen-bond donors (Lipinski definition) is 0. The number of non-ortho nitro benzene ring substituents is 1. The van der Waals surface area contributed by atoms with Crippen LogP contribution in [0.4, 0.5) is 5.69 Å². The molecular formula is C27H41NO6. The van der Waals surface area contributed by atoms with Crippen molar-refractivity contribution in [1.82, 2.24) is 0 Å². The number of rotatable bonds is 12. The van der Waals surface area contributed by atoms with E-state index in [2.05, 4.69) is 30.7 Å². The second kappa shape index (κ2) is 24.6. The van der Waals surface area contributed by atoms with Gasteiger partial charge in [0.25, 0.3) is 12.2 Å². The molecule has 0 aromatic heterocycles. The molecule has 2 aromatic carbocycles. The molecule has 0 saturated heterocycles. The maximum Gasteiger partial charge on any atom is 0.298 e. The smallest absolute Gasteiger partial charge is 0.298 e. The number of unbranched alkanes of at least 4 members (excludes halogenated alkanes) is 3. The molecular weight excluding hydrogens is 434 g/mol. The van der Waals surface area contributed by atoms with Gasteiger partial charge in [0.15, 0.2) is 0 Å². The molecule has 0 aliphatic rings. The van der Waals surface area contributed by atoms with Gasteiger partial charge in [0.1, 0.15) is 11.5 Å². The van der Waals surface area contributed by atoms with Crippen molar-refractivity contribution in [2.75, 3.05) is 6.61 Å². The van der Waals surface area contributed by atoms with E-state index in [1.807, 2.05) is 32.0 Å². The van der Waals surface area contributed by atoms with Crippen molar-refractivity contribution >= 4 is 17.9 Å². The largest absolute Gasteiger partial charge is 0.429 e. The molecule has 0 heterocycles. The fourth-order valence-corrected chi connectivity index (χ4v) is 2.35. The van der Waals surface area contributed by atoms with E-state index in [-0.39, 0.29) is 17.9 Å². The molecule has 0 amide bonds. The SMILES string of the molecule is CC.CCCCC(C)=O.CCCCCOCc1ccccc1.O=COc1ccc([N+](=O)[O-])cc1. The molecule has 0 bridgehead atoms. The third-order valence-corrected chi connectivity index (χ3v) is 4.12. The number of ether oxygens (including phenoxy) is 2. The van der Waals surface area contributed by atoms with Crippen LogP contribution in [0.1, 0.15) is 78.7 Å². The van der Waals surface area contributed by atoms with E-state index < -0.39 is 4.92 Å². The Morgan fingerprint density at radius 2 is 1.53 bits per heavy atom. The summed E-state index contributed by atoms with van der Waals surface area (Å²) in [5.41, 5.74) is 1.23. The molecule has 0 atom stereocenters. The summed E-state index contributed by atoms with van der Waals surface area (Å²) in [6.45, 7) is 11.8. The van der Waals surface area contributed by atoms with E-state index >= 15 is 0 Å². The summed E-state index contributed by atoms with van der Waals surface area (Å²) in [6, 6.07) is 15.5. The summed E-state index contributed by atoms with van der Waals surface area (Å²) in [6.07, 6.45) is 6.65. The van der Waals surface area contributed by atoms with E-state index in [9.17, 15) is 19.7 Å². The van der Waals surface area contributed by atoms with Gasteiger partial charge in [0, 0.05) is 25.2 Å². The minimum atomic E-state index is -0.523. The number of nitrogens with zero attached hydrogens (tertiary/aromatic N) is 1. The van der Waals surface area contributed by atoms with Crippen molar-refractivity contribution in [2.24, 2.45) is 0 Å². The number of ketones is 1. The standard InChI is InChI=1S/C12H18O.C7H5NO4.C6H12O.C2H6/c1-2-3-7-10-13-11-12-8-5-4-6-9-12;9-5-12-7-3-1-6(2-4-7)8(10)11;1-3-4-5-6(2)7;1-2/h4-6,8-9H,2-3,7,10-11H2,1H3;1-5H;3-5H2,1-2H3;1-2H3. The predicted octanol–water partition coefficient (Wildman–Crippen LogP) is 7.32. The van der Waals surface area contributed by atoms with Crippen LogP contribution in [-0.4, -0.2) is 23.8 Å². The molecule has 0 aliphatic heterocycles. The zero-order chi connectivity index (χ0) is 26.0. The zero-order valence-electron chi connectivity index (χ0n) is 21.3. The van der Waals surface area contributed by atoms with Gasteiger partial charge in [-0.1, -0.05) is 77.3 Å². The van der Waals surface area contributed by atoms with Crippen molar-refractivity contribution in [1.29, 1.82) is 0 Å². The molecule has 190 valence electrons. The average molecular weight is 476 g/mol. The van der Waals surface area contributed by atoms with E-state index in [0.717, 1.165) is 32.5 Å². The van der Waals surface area contributed by atoms with Gasteiger partial charge in [-0.3, -0.25) is 14.9 Å². The number of hydrogen-bond acceptors (Lipinski definition) is 6. The first kappa shape index (κ1) is 33.1. The summed E-state index contributed by atoms with van der Waals surface area (Å²) in [4.78, 5) is 29.7. The lowest BCUT2D eigenvalue weighted by Crippen LogP contribution is -1.94. The number of nitro benzene ring substituents is 1. The summed E-state index contributed by atoms with van der Waals surface area (Å²) in [5, 5.41) is 10.2. The Morgan fingerprint density at radius 1 is 0.941 bits per heavy atom. The van der Waals surface area contributed by atoms with Gasteiger partial charge >= 0.3 is 0 Å². The van der Waals surface area contributed by atoms with Gasteiger partial charge in [0.2, 0.25) is 0 Å². The third kappa shape index (κ3) is 20.8. The summed E-state index contributed by atoms with van der Waals surface area (Å²) in [5.74, 6) is 0.595.